The number of likely N-dealkylation sites (N-methyl/N-ethyl adjacent to an activating group) is 1. The number of carbonyl (C=O) groups excluding carboxylic acids is 1. The summed E-state index contributed by atoms with van der Waals surface area (Å²) in [5.74, 6) is -0.761. The minimum absolute atomic E-state index is 0.0495. The smallest absolute Gasteiger partial charge is 0.304 e. The average Bonchev–Trinajstić information content (AvgIpc) is 3.12. The molecule has 1 amide bonds. The molecule has 1 saturated carbocycles. The van der Waals surface area contributed by atoms with E-state index in [9.17, 15) is 9.59 Å². The Bertz CT molecular complexity index is 457. The van der Waals surface area contributed by atoms with Gasteiger partial charge in [-0.05, 0) is 35.2 Å². The van der Waals surface area contributed by atoms with Crippen molar-refractivity contribution >= 4 is 23.2 Å². The average molecular weight is 296 g/mol. The van der Waals surface area contributed by atoms with Crippen LogP contribution in [0.1, 0.15) is 24.8 Å². The molecule has 0 atom stereocenters. The molecule has 1 fully saturated rings. The van der Waals surface area contributed by atoms with E-state index in [1.807, 2.05) is 21.7 Å². The van der Waals surface area contributed by atoms with Crippen molar-refractivity contribution in [3.63, 3.8) is 0 Å². The number of aliphatic carboxylic acids is 1. The minimum atomic E-state index is -0.810. The minimum Gasteiger partial charge on any atom is -0.481 e. The van der Waals surface area contributed by atoms with E-state index in [-0.39, 0.29) is 12.3 Å². The van der Waals surface area contributed by atoms with Crippen LogP contribution in [0.25, 0.3) is 0 Å². The summed E-state index contributed by atoms with van der Waals surface area (Å²) in [6, 6.07) is 2.41. The third-order valence-corrected chi connectivity index (χ3v) is 4.17. The molecular weight excluding hydrogens is 276 g/mol. The standard InChI is InChI=1S/C14H20N2O3S/c1-15(8-11-5-7-20-10-11)13(17)9-16(12-2-3-12)6-4-14(18)19/h5,7,10,12H,2-4,6,8-9H2,1H3,(H,18,19). The van der Waals surface area contributed by atoms with Crippen LogP contribution in [-0.4, -0.2) is 53.0 Å². The van der Waals surface area contributed by atoms with Crippen molar-refractivity contribution in [2.75, 3.05) is 20.1 Å². The monoisotopic (exact) mass is 296 g/mol. The highest BCUT2D eigenvalue weighted by atomic mass is 32.1. The van der Waals surface area contributed by atoms with Gasteiger partial charge in [0.05, 0.1) is 13.0 Å². The third-order valence-electron chi connectivity index (χ3n) is 3.44. The van der Waals surface area contributed by atoms with Crippen molar-refractivity contribution in [2.45, 2.75) is 31.8 Å². The van der Waals surface area contributed by atoms with Gasteiger partial charge in [0.25, 0.3) is 0 Å². The molecule has 1 heterocycles. The van der Waals surface area contributed by atoms with Gasteiger partial charge in [0.1, 0.15) is 0 Å². The number of carboxylic acid groups (broad SMARTS) is 1. The third kappa shape index (κ3) is 4.61. The van der Waals surface area contributed by atoms with Crippen LogP contribution in [0.5, 0.6) is 0 Å². The molecule has 0 aliphatic heterocycles. The molecule has 1 N–H and O–H groups in total. The van der Waals surface area contributed by atoms with Crippen LogP contribution in [0.4, 0.5) is 0 Å². The lowest BCUT2D eigenvalue weighted by molar-refractivity contribution is -0.138. The Labute approximate surface area is 122 Å². The molecule has 0 bridgehead atoms. The number of hydrogen-bond donors (Lipinski definition) is 1. The van der Waals surface area contributed by atoms with E-state index in [2.05, 4.69) is 0 Å². The molecule has 1 aliphatic rings. The summed E-state index contributed by atoms with van der Waals surface area (Å²) in [6.45, 7) is 1.39. The lowest BCUT2D eigenvalue weighted by atomic mass is 10.3. The number of nitrogens with zero attached hydrogens (tertiary/aromatic N) is 2. The van der Waals surface area contributed by atoms with Gasteiger partial charge in [-0.1, -0.05) is 0 Å². The number of hydrogen-bond acceptors (Lipinski definition) is 4. The van der Waals surface area contributed by atoms with Crippen LogP contribution in [0.15, 0.2) is 16.8 Å². The zero-order chi connectivity index (χ0) is 14.5. The number of carboxylic acids is 1. The number of thiophene rings is 1. The van der Waals surface area contributed by atoms with Crippen LogP contribution >= 0.6 is 11.3 Å². The zero-order valence-corrected chi connectivity index (χ0v) is 12.4. The van der Waals surface area contributed by atoms with Crippen LogP contribution in [0, 0.1) is 0 Å². The molecule has 110 valence electrons. The molecule has 0 unspecified atom stereocenters. The van der Waals surface area contributed by atoms with Gasteiger partial charge < -0.3 is 10.0 Å². The zero-order valence-electron chi connectivity index (χ0n) is 11.6. The number of amides is 1. The second kappa shape index (κ2) is 6.85. The molecule has 6 heteroatoms. The van der Waals surface area contributed by atoms with Gasteiger partial charge in [-0.15, -0.1) is 0 Å². The molecule has 20 heavy (non-hydrogen) atoms. The SMILES string of the molecule is CN(Cc1ccsc1)C(=O)CN(CCC(=O)O)C1CC1. The molecule has 0 spiro atoms. The molecular formula is C14H20N2O3S. The van der Waals surface area contributed by atoms with Gasteiger partial charge >= 0.3 is 5.97 Å². The molecule has 5 nitrogen and oxygen atoms in total. The first-order valence-corrected chi connectivity index (χ1v) is 7.71. The van der Waals surface area contributed by atoms with Gasteiger partial charge in [0, 0.05) is 26.2 Å². The highest BCUT2D eigenvalue weighted by molar-refractivity contribution is 7.07. The van der Waals surface area contributed by atoms with Crippen molar-refractivity contribution < 1.29 is 14.7 Å². The predicted molar refractivity (Wildman–Crippen MR) is 77.6 cm³/mol. The molecule has 1 aromatic rings. The summed E-state index contributed by atoms with van der Waals surface area (Å²) in [7, 11) is 1.79. The van der Waals surface area contributed by atoms with E-state index in [4.69, 9.17) is 5.11 Å². The summed E-state index contributed by atoms with van der Waals surface area (Å²) in [5, 5.41) is 12.8. The van der Waals surface area contributed by atoms with Gasteiger partial charge in [-0.3, -0.25) is 14.5 Å². The van der Waals surface area contributed by atoms with E-state index < -0.39 is 5.97 Å². The predicted octanol–water partition coefficient (Wildman–Crippen LogP) is 1.65. The Morgan fingerprint density at radius 3 is 2.75 bits per heavy atom. The first kappa shape index (κ1) is 15.0. The fourth-order valence-corrected chi connectivity index (χ4v) is 2.77. The summed E-state index contributed by atoms with van der Waals surface area (Å²) >= 11 is 1.62. The number of carbonyl (C=O) groups is 2. The maximum Gasteiger partial charge on any atom is 0.304 e. The van der Waals surface area contributed by atoms with E-state index in [1.165, 1.54) is 0 Å². The van der Waals surface area contributed by atoms with Crippen LogP contribution < -0.4 is 0 Å². The van der Waals surface area contributed by atoms with Crippen molar-refractivity contribution in [2.24, 2.45) is 0 Å². The highest BCUT2D eigenvalue weighted by Gasteiger charge is 2.31. The Kier molecular flexibility index (Phi) is 5.14. The molecule has 0 aromatic carbocycles. The fraction of sp³-hybridized carbons (Fsp3) is 0.571. The van der Waals surface area contributed by atoms with Gasteiger partial charge in [-0.2, -0.15) is 11.3 Å². The molecule has 1 aromatic heterocycles. The van der Waals surface area contributed by atoms with Crippen molar-refractivity contribution in [1.29, 1.82) is 0 Å². The van der Waals surface area contributed by atoms with Crippen molar-refractivity contribution in [3.05, 3.63) is 22.4 Å². The maximum atomic E-state index is 12.2. The summed E-state index contributed by atoms with van der Waals surface area (Å²) < 4.78 is 0. The van der Waals surface area contributed by atoms with Gasteiger partial charge in [0.2, 0.25) is 5.91 Å². The largest absolute Gasteiger partial charge is 0.481 e. The second-order valence-corrected chi connectivity index (χ2v) is 6.01. The second-order valence-electron chi connectivity index (χ2n) is 5.23. The van der Waals surface area contributed by atoms with E-state index in [1.54, 1.807) is 23.3 Å². The van der Waals surface area contributed by atoms with Crippen molar-refractivity contribution in [1.82, 2.24) is 9.80 Å². The molecule has 0 saturated heterocycles. The Balaban J connectivity index is 1.82. The van der Waals surface area contributed by atoms with Crippen LogP contribution in [0.3, 0.4) is 0 Å². The topological polar surface area (TPSA) is 60.9 Å². The lowest BCUT2D eigenvalue weighted by Crippen LogP contribution is -2.40. The molecule has 0 radical (unpaired) electrons. The molecule has 2 rings (SSSR count). The van der Waals surface area contributed by atoms with E-state index >= 15 is 0 Å². The summed E-state index contributed by atoms with van der Waals surface area (Å²) in [4.78, 5) is 26.6. The Morgan fingerprint density at radius 1 is 1.45 bits per heavy atom. The van der Waals surface area contributed by atoms with Crippen LogP contribution in [-0.2, 0) is 16.1 Å². The Morgan fingerprint density at radius 2 is 2.20 bits per heavy atom. The first-order valence-electron chi connectivity index (χ1n) is 6.77. The summed E-state index contributed by atoms with van der Waals surface area (Å²) in [6.07, 6.45) is 2.24. The normalized spacial score (nSPS) is 14.5. The molecule has 1 aliphatic carbocycles. The lowest BCUT2D eigenvalue weighted by Gasteiger charge is -2.24. The van der Waals surface area contributed by atoms with Gasteiger partial charge in [-0.25, -0.2) is 0 Å². The maximum absolute atomic E-state index is 12.2. The summed E-state index contributed by atoms with van der Waals surface area (Å²) in [5.41, 5.74) is 1.13. The van der Waals surface area contributed by atoms with Crippen LogP contribution in [0.2, 0.25) is 0 Å². The van der Waals surface area contributed by atoms with E-state index in [0.717, 1.165) is 18.4 Å². The highest BCUT2D eigenvalue weighted by Crippen LogP contribution is 2.26. The Hall–Kier alpha value is -1.40. The first-order chi connectivity index (χ1) is 9.56. The quantitative estimate of drug-likeness (QED) is 0.792. The van der Waals surface area contributed by atoms with E-state index in [0.29, 0.717) is 25.7 Å². The van der Waals surface area contributed by atoms with Crippen molar-refractivity contribution in [3.8, 4) is 0 Å². The number of rotatable bonds is 8. The fourth-order valence-electron chi connectivity index (χ4n) is 2.11. The van der Waals surface area contributed by atoms with Gasteiger partial charge in [0.15, 0.2) is 0 Å².